The number of hydrogen-bond acceptors (Lipinski definition) is 5. The van der Waals surface area contributed by atoms with Gasteiger partial charge < -0.3 is 15.6 Å². The number of rotatable bonds is 4. The van der Waals surface area contributed by atoms with Crippen molar-refractivity contribution in [2.24, 2.45) is 5.73 Å². The maximum atomic E-state index is 11.3. The van der Waals surface area contributed by atoms with Crippen molar-refractivity contribution >= 4 is 24.0 Å². The first-order chi connectivity index (χ1) is 9.13. The number of anilines is 1. The first-order valence-electron chi connectivity index (χ1n) is 6.07. The smallest absolute Gasteiger partial charge is 0.257 e. The average molecular weight is 297 g/mol. The quantitative estimate of drug-likeness (QED) is 0.899. The molecule has 1 aromatic carbocycles. The van der Waals surface area contributed by atoms with Crippen molar-refractivity contribution in [2.75, 3.05) is 11.9 Å². The van der Waals surface area contributed by atoms with Crippen LogP contribution in [0.1, 0.15) is 18.3 Å². The van der Waals surface area contributed by atoms with Crippen molar-refractivity contribution in [1.29, 1.82) is 0 Å². The van der Waals surface area contributed by atoms with E-state index in [9.17, 15) is 4.79 Å². The van der Waals surface area contributed by atoms with Gasteiger partial charge in [-0.1, -0.05) is 18.1 Å². The van der Waals surface area contributed by atoms with Crippen molar-refractivity contribution in [1.82, 2.24) is 10.1 Å². The Kier molecular flexibility index (Phi) is 5.66. The van der Waals surface area contributed by atoms with Crippen LogP contribution in [-0.4, -0.2) is 22.6 Å². The van der Waals surface area contributed by atoms with Gasteiger partial charge in [-0.05, 0) is 24.6 Å². The second-order valence-corrected chi connectivity index (χ2v) is 4.15. The zero-order valence-corrected chi connectivity index (χ0v) is 12.2. The van der Waals surface area contributed by atoms with E-state index in [-0.39, 0.29) is 24.9 Å². The molecule has 2 aromatic rings. The molecule has 0 aliphatic heterocycles. The van der Waals surface area contributed by atoms with E-state index >= 15 is 0 Å². The summed E-state index contributed by atoms with van der Waals surface area (Å²) in [4.78, 5) is 15.6. The molecule has 0 bridgehead atoms. The van der Waals surface area contributed by atoms with Crippen molar-refractivity contribution < 1.29 is 9.32 Å². The predicted molar refractivity (Wildman–Crippen MR) is 78.8 cm³/mol. The number of halogens is 1. The number of aryl methyl sites for hydroxylation is 2. The molecular weight excluding hydrogens is 280 g/mol. The highest BCUT2D eigenvalue weighted by Crippen LogP contribution is 2.24. The number of nitrogens with zero attached hydrogens (tertiary/aromatic N) is 2. The van der Waals surface area contributed by atoms with Crippen LogP contribution in [0.15, 0.2) is 22.7 Å². The van der Waals surface area contributed by atoms with E-state index < -0.39 is 0 Å². The molecule has 0 spiro atoms. The Morgan fingerprint density at radius 1 is 1.45 bits per heavy atom. The molecule has 0 unspecified atom stereocenters. The van der Waals surface area contributed by atoms with Gasteiger partial charge in [0.15, 0.2) is 5.82 Å². The summed E-state index contributed by atoms with van der Waals surface area (Å²) in [5.74, 6) is 0.864. The SMILES string of the molecule is CCc1noc(-c2ccc(C)c(NC(=O)CN)c2)n1.Cl. The lowest BCUT2D eigenvalue weighted by molar-refractivity contribution is -0.114. The zero-order chi connectivity index (χ0) is 13.8. The van der Waals surface area contributed by atoms with Crippen LogP contribution in [0, 0.1) is 6.92 Å². The molecule has 2 rings (SSSR count). The Balaban J connectivity index is 0.00000200. The topological polar surface area (TPSA) is 94.0 Å². The van der Waals surface area contributed by atoms with Crippen LogP contribution in [-0.2, 0) is 11.2 Å². The number of nitrogens with two attached hydrogens (primary N) is 1. The third kappa shape index (κ3) is 3.55. The molecule has 20 heavy (non-hydrogen) atoms. The van der Waals surface area contributed by atoms with Crippen LogP contribution in [0.5, 0.6) is 0 Å². The fourth-order valence-electron chi connectivity index (χ4n) is 1.61. The second-order valence-electron chi connectivity index (χ2n) is 4.15. The van der Waals surface area contributed by atoms with Gasteiger partial charge in [0.05, 0.1) is 6.54 Å². The minimum Gasteiger partial charge on any atom is -0.334 e. The van der Waals surface area contributed by atoms with Gasteiger partial charge in [0, 0.05) is 17.7 Å². The van der Waals surface area contributed by atoms with Gasteiger partial charge in [-0.25, -0.2) is 0 Å². The molecule has 1 amide bonds. The number of carbonyl (C=O) groups excluding carboxylic acids is 1. The molecule has 0 aliphatic carbocycles. The predicted octanol–water partition coefficient (Wildman–Crippen LogP) is 1.93. The molecule has 7 heteroatoms. The van der Waals surface area contributed by atoms with Crippen LogP contribution >= 0.6 is 12.4 Å². The molecule has 0 aliphatic rings. The zero-order valence-electron chi connectivity index (χ0n) is 11.3. The van der Waals surface area contributed by atoms with Crippen LogP contribution < -0.4 is 11.1 Å². The van der Waals surface area contributed by atoms with E-state index in [0.29, 0.717) is 23.8 Å². The Morgan fingerprint density at radius 3 is 2.80 bits per heavy atom. The number of hydrogen-bond donors (Lipinski definition) is 2. The molecule has 108 valence electrons. The van der Waals surface area contributed by atoms with Gasteiger partial charge in [-0.2, -0.15) is 4.98 Å². The van der Waals surface area contributed by atoms with Crippen LogP contribution in [0.25, 0.3) is 11.5 Å². The Bertz CT molecular complexity index is 598. The number of benzene rings is 1. The highest BCUT2D eigenvalue weighted by atomic mass is 35.5. The fourth-order valence-corrected chi connectivity index (χ4v) is 1.61. The van der Waals surface area contributed by atoms with Gasteiger partial charge in [0.2, 0.25) is 5.91 Å². The Morgan fingerprint density at radius 2 is 2.20 bits per heavy atom. The number of aromatic nitrogens is 2. The third-order valence-electron chi connectivity index (χ3n) is 2.73. The second kappa shape index (κ2) is 7.02. The standard InChI is InChI=1S/C13H16N4O2.ClH/c1-3-11-16-13(19-17-11)9-5-4-8(2)10(6-9)15-12(18)7-14;/h4-6H,3,7,14H2,1-2H3,(H,15,18);1H. The number of nitrogens with one attached hydrogen (secondary N) is 1. The summed E-state index contributed by atoms with van der Waals surface area (Å²) in [5, 5.41) is 6.58. The van der Waals surface area contributed by atoms with Crippen molar-refractivity contribution in [3.05, 3.63) is 29.6 Å². The largest absolute Gasteiger partial charge is 0.334 e. The van der Waals surface area contributed by atoms with Gasteiger partial charge in [-0.3, -0.25) is 4.79 Å². The van der Waals surface area contributed by atoms with Crippen LogP contribution in [0.3, 0.4) is 0 Å². The van der Waals surface area contributed by atoms with Gasteiger partial charge in [-0.15, -0.1) is 12.4 Å². The lowest BCUT2D eigenvalue weighted by Crippen LogP contribution is -2.22. The summed E-state index contributed by atoms with van der Waals surface area (Å²) < 4.78 is 5.17. The van der Waals surface area contributed by atoms with E-state index in [1.807, 2.05) is 26.0 Å². The van der Waals surface area contributed by atoms with E-state index in [1.54, 1.807) is 6.07 Å². The lowest BCUT2D eigenvalue weighted by atomic mass is 10.1. The van der Waals surface area contributed by atoms with Crippen LogP contribution in [0.4, 0.5) is 5.69 Å². The maximum absolute atomic E-state index is 11.3. The van der Waals surface area contributed by atoms with E-state index in [4.69, 9.17) is 10.3 Å². The fraction of sp³-hybridized carbons (Fsp3) is 0.308. The molecule has 0 fully saturated rings. The molecule has 1 heterocycles. The molecule has 3 N–H and O–H groups in total. The first-order valence-corrected chi connectivity index (χ1v) is 6.07. The highest BCUT2D eigenvalue weighted by molar-refractivity contribution is 5.93. The average Bonchev–Trinajstić information content (AvgIpc) is 2.90. The van der Waals surface area contributed by atoms with Gasteiger partial charge in [0.25, 0.3) is 5.89 Å². The third-order valence-corrected chi connectivity index (χ3v) is 2.73. The first kappa shape index (κ1) is 16.1. The summed E-state index contributed by atoms with van der Waals surface area (Å²) in [6.45, 7) is 3.81. The summed E-state index contributed by atoms with van der Waals surface area (Å²) in [6.07, 6.45) is 0.714. The lowest BCUT2D eigenvalue weighted by Gasteiger charge is -2.08. The minimum atomic E-state index is -0.236. The molecule has 6 nitrogen and oxygen atoms in total. The van der Waals surface area contributed by atoms with Crippen molar-refractivity contribution in [3.63, 3.8) is 0 Å². The van der Waals surface area contributed by atoms with Crippen molar-refractivity contribution in [3.8, 4) is 11.5 Å². The maximum Gasteiger partial charge on any atom is 0.257 e. The van der Waals surface area contributed by atoms with E-state index in [0.717, 1.165) is 11.1 Å². The Labute approximate surface area is 123 Å². The molecule has 0 saturated carbocycles. The summed E-state index contributed by atoms with van der Waals surface area (Å²) in [6, 6.07) is 5.56. The summed E-state index contributed by atoms with van der Waals surface area (Å²) in [7, 11) is 0. The number of carbonyl (C=O) groups is 1. The summed E-state index contributed by atoms with van der Waals surface area (Å²) >= 11 is 0. The molecule has 0 saturated heterocycles. The van der Waals surface area contributed by atoms with Gasteiger partial charge >= 0.3 is 0 Å². The molecule has 1 aromatic heterocycles. The van der Waals surface area contributed by atoms with Crippen LogP contribution in [0.2, 0.25) is 0 Å². The van der Waals surface area contributed by atoms with Gasteiger partial charge in [0.1, 0.15) is 0 Å². The van der Waals surface area contributed by atoms with E-state index in [1.165, 1.54) is 0 Å². The monoisotopic (exact) mass is 296 g/mol. The molecule has 0 radical (unpaired) electrons. The normalized spacial score (nSPS) is 9.95. The van der Waals surface area contributed by atoms with Crippen molar-refractivity contribution in [2.45, 2.75) is 20.3 Å². The Hall–Kier alpha value is -1.92. The van der Waals surface area contributed by atoms with E-state index in [2.05, 4.69) is 15.5 Å². The highest BCUT2D eigenvalue weighted by Gasteiger charge is 2.10. The molecular formula is C13H17ClN4O2. The minimum absolute atomic E-state index is 0. The molecule has 0 atom stereocenters. The number of amides is 1. The summed E-state index contributed by atoms with van der Waals surface area (Å²) in [5.41, 5.74) is 7.70.